The molecule has 0 amide bonds. The van der Waals surface area contributed by atoms with Crippen LogP contribution in [0.3, 0.4) is 0 Å². The van der Waals surface area contributed by atoms with E-state index in [2.05, 4.69) is 5.32 Å². The van der Waals surface area contributed by atoms with Crippen molar-refractivity contribution in [1.29, 1.82) is 0 Å². The van der Waals surface area contributed by atoms with Crippen molar-refractivity contribution < 1.29 is 0 Å². The van der Waals surface area contributed by atoms with Crippen molar-refractivity contribution in [2.24, 2.45) is 0 Å². The van der Waals surface area contributed by atoms with E-state index in [0.29, 0.717) is 0 Å². The molecule has 2 heteroatoms. The Kier molecular flexibility index (Phi) is 1.44. The molecular formula is C4H10NP. The fourth-order valence-electron chi connectivity index (χ4n) is 0.474. The predicted octanol–water partition coefficient (Wildman–Crippen LogP) is 0.266. The summed E-state index contributed by atoms with van der Waals surface area (Å²) in [5, 5.41) is 3.14. The van der Waals surface area contributed by atoms with Gasteiger partial charge < -0.3 is 5.32 Å². The number of hydrogen-bond donors (Lipinski definition) is 1. The lowest BCUT2D eigenvalue weighted by Crippen LogP contribution is -2.11. The molecule has 0 radical (unpaired) electrons. The van der Waals surface area contributed by atoms with Gasteiger partial charge in [-0.3, -0.25) is 0 Å². The van der Waals surface area contributed by atoms with Crippen LogP contribution in [-0.2, 0) is 0 Å². The van der Waals surface area contributed by atoms with E-state index in [-0.39, 0.29) is 0 Å². The minimum Gasteiger partial charge on any atom is -0.319 e. The Bertz CT molecular complexity index is 42.8. The highest BCUT2D eigenvalue weighted by atomic mass is 31.1. The fourth-order valence-corrected chi connectivity index (χ4v) is 1.13. The smallest absolute Gasteiger partial charge is 0.00169 e. The molecule has 0 spiro atoms. The molecule has 0 aromatic heterocycles. The molecule has 6 heavy (non-hydrogen) atoms. The quantitative estimate of drug-likeness (QED) is 0.494. The Balaban J connectivity index is 1.88. The fraction of sp³-hybridized carbons (Fsp3) is 1.00. The van der Waals surface area contributed by atoms with Crippen LogP contribution < -0.4 is 5.32 Å². The molecule has 0 aromatic rings. The van der Waals surface area contributed by atoms with E-state index in [0.717, 1.165) is 5.66 Å². The summed E-state index contributed by atoms with van der Waals surface area (Å²) in [7, 11) is 3.29. The lowest BCUT2D eigenvalue weighted by molar-refractivity contribution is 0.820. The van der Waals surface area contributed by atoms with E-state index in [4.69, 9.17) is 0 Å². The topological polar surface area (TPSA) is 12.0 Å². The van der Waals surface area contributed by atoms with Gasteiger partial charge in [-0.15, -0.1) is 8.58 Å². The van der Waals surface area contributed by atoms with Gasteiger partial charge in [0.05, 0.1) is 0 Å². The minimum atomic E-state index is 1.06. The van der Waals surface area contributed by atoms with Crippen LogP contribution in [0, 0.1) is 0 Å². The maximum Gasteiger partial charge on any atom is 0.00169 e. The molecule has 1 rings (SSSR count). The number of rotatable bonds is 2. The molecule has 1 fully saturated rings. The minimum absolute atomic E-state index is 1.06. The van der Waals surface area contributed by atoms with Crippen LogP contribution in [-0.4, -0.2) is 25.4 Å². The van der Waals surface area contributed by atoms with Gasteiger partial charge in [-0.1, -0.05) is 0 Å². The highest BCUT2D eigenvalue weighted by molar-refractivity contribution is 7.47. The SMILES string of the molecule is CNCC1CP1. The summed E-state index contributed by atoms with van der Waals surface area (Å²) in [6, 6.07) is 0. The summed E-state index contributed by atoms with van der Waals surface area (Å²) in [5.41, 5.74) is 1.06. The summed E-state index contributed by atoms with van der Waals surface area (Å²) in [6.07, 6.45) is 1.49. The molecule has 0 bridgehead atoms. The van der Waals surface area contributed by atoms with Crippen molar-refractivity contribution in [2.75, 3.05) is 19.8 Å². The van der Waals surface area contributed by atoms with E-state index < -0.39 is 0 Å². The standard InChI is InChI=1S/C4H10NP/c1-5-2-4-3-6-4/h4-6H,2-3H2,1H3. The van der Waals surface area contributed by atoms with Crippen molar-refractivity contribution >= 4 is 8.58 Å². The van der Waals surface area contributed by atoms with Gasteiger partial charge in [0.15, 0.2) is 0 Å². The van der Waals surface area contributed by atoms with Gasteiger partial charge in [0.2, 0.25) is 0 Å². The molecule has 1 saturated heterocycles. The van der Waals surface area contributed by atoms with Crippen LogP contribution in [0.4, 0.5) is 0 Å². The Hall–Kier alpha value is 0.390. The highest BCUT2D eigenvalue weighted by Crippen LogP contribution is 2.37. The molecule has 0 saturated carbocycles. The van der Waals surface area contributed by atoms with Gasteiger partial charge in [0, 0.05) is 6.54 Å². The van der Waals surface area contributed by atoms with Crippen molar-refractivity contribution in [2.45, 2.75) is 5.66 Å². The molecule has 2 atom stereocenters. The average Bonchev–Trinajstić information content (AvgIpc) is 2.21. The second-order valence-electron chi connectivity index (χ2n) is 1.66. The second-order valence-corrected chi connectivity index (χ2v) is 3.30. The Morgan fingerprint density at radius 2 is 2.67 bits per heavy atom. The highest BCUT2D eigenvalue weighted by Gasteiger charge is 2.18. The van der Waals surface area contributed by atoms with Gasteiger partial charge in [-0.2, -0.15) is 0 Å². The van der Waals surface area contributed by atoms with E-state index >= 15 is 0 Å². The zero-order valence-corrected chi connectivity index (χ0v) is 4.99. The van der Waals surface area contributed by atoms with Gasteiger partial charge in [0.25, 0.3) is 0 Å². The normalized spacial score (nSPS) is 34.5. The first-order valence-corrected chi connectivity index (χ1v) is 3.60. The molecule has 1 nitrogen and oxygen atoms in total. The Morgan fingerprint density at radius 3 is 2.83 bits per heavy atom. The Morgan fingerprint density at radius 1 is 2.00 bits per heavy atom. The Labute approximate surface area is 40.3 Å². The summed E-state index contributed by atoms with van der Waals surface area (Å²) >= 11 is 0. The van der Waals surface area contributed by atoms with Crippen LogP contribution in [0.2, 0.25) is 0 Å². The summed E-state index contributed by atoms with van der Waals surface area (Å²) in [5.74, 6) is 0. The maximum absolute atomic E-state index is 3.14. The average molecular weight is 103 g/mol. The van der Waals surface area contributed by atoms with Gasteiger partial charge in [-0.05, 0) is 18.9 Å². The van der Waals surface area contributed by atoms with E-state index in [1.165, 1.54) is 21.3 Å². The first-order chi connectivity index (χ1) is 2.93. The monoisotopic (exact) mass is 103 g/mol. The third-order valence-corrected chi connectivity index (χ3v) is 2.13. The molecule has 0 aromatic carbocycles. The molecule has 2 unspecified atom stereocenters. The second kappa shape index (κ2) is 1.90. The third-order valence-electron chi connectivity index (χ3n) is 0.943. The molecule has 1 heterocycles. The molecule has 1 aliphatic rings. The molecular weight excluding hydrogens is 93.0 g/mol. The van der Waals surface area contributed by atoms with Crippen LogP contribution >= 0.6 is 8.58 Å². The van der Waals surface area contributed by atoms with Crippen LogP contribution in [0.5, 0.6) is 0 Å². The molecule has 0 aliphatic carbocycles. The number of hydrogen-bond acceptors (Lipinski definition) is 1. The first-order valence-electron chi connectivity index (χ1n) is 2.31. The van der Waals surface area contributed by atoms with Crippen molar-refractivity contribution in [1.82, 2.24) is 5.32 Å². The van der Waals surface area contributed by atoms with E-state index in [9.17, 15) is 0 Å². The van der Waals surface area contributed by atoms with Crippen molar-refractivity contribution in [3.63, 3.8) is 0 Å². The van der Waals surface area contributed by atoms with Crippen LogP contribution in [0.15, 0.2) is 0 Å². The largest absolute Gasteiger partial charge is 0.319 e. The summed E-state index contributed by atoms with van der Waals surface area (Å²) in [6.45, 7) is 1.25. The third kappa shape index (κ3) is 1.24. The van der Waals surface area contributed by atoms with Crippen LogP contribution in [0.1, 0.15) is 0 Å². The predicted molar refractivity (Wildman–Crippen MR) is 30.9 cm³/mol. The first kappa shape index (κ1) is 4.55. The van der Waals surface area contributed by atoms with Crippen LogP contribution in [0.25, 0.3) is 0 Å². The van der Waals surface area contributed by atoms with E-state index in [1.807, 2.05) is 7.05 Å². The number of nitrogens with one attached hydrogen (secondary N) is 1. The lowest BCUT2D eigenvalue weighted by atomic mass is 10.5. The molecule has 1 aliphatic heterocycles. The van der Waals surface area contributed by atoms with Gasteiger partial charge in [-0.25, -0.2) is 0 Å². The van der Waals surface area contributed by atoms with Gasteiger partial charge in [0.1, 0.15) is 0 Å². The summed E-state index contributed by atoms with van der Waals surface area (Å²) in [4.78, 5) is 0. The van der Waals surface area contributed by atoms with Crippen molar-refractivity contribution in [3.8, 4) is 0 Å². The summed E-state index contributed by atoms with van der Waals surface area (Å²) < 4.78 is 0. The molecule has 1 N–H and O–H groups in total. The lowest BCUT2D eigenvalue weighted by Gasteiger charge is -1.87. The molecule has 36 valence electrons. The zero-order chi connectivity index (χ0) is 4.41. The van der Waals surface area contributed by atoms with Crippen molar-refractivity contribution in [3.05, 3.63) is 0 Å². The maximum atomic E-state index is 3.14. The zero-order valence-electron chi connectivity index (χ0n) is 3.99. The van der Waals surface area contributed by atoms with E-state index in [1.54, 1.807) is 0 Å². The van der Waals surface area contributed by atoms with Gasteiger partial charge >= 0.3 is 0 Å².